The van der Waals surface area contributed by atoms with Gasteiger partial charge in [0.05, 0.1) is 0 Å². The van der Waals surface area contributed by atoms with Crippen LogP contribution in [0.3, 0.4) is 0 Å². The van der Waals surface area contributed by atoms with E-state index in [0.717, 1.165) is 18.8 Å². The van der Waals surface area contributed by atoms with E-state index >= 15 is 0 Å². The van der Waals surface area contributed by atoms with Crippen LogP contribution in [-0.2, 0) is 0 Å². The average molecular weight is 269 g/mol. The van der Waals surface area contributed by atoms with Crippen molar-refractivity contribution in [2.75, 3.05) is 13.1 Å². The largest absolute Gasteiger partial charge is 0.484 e. The Kier molecular flexibility index (Phi) is 5.19. The van der Waals surface area contributed by atoms with Crippen molar-refractivity contribution in [1.29, 1.82) is 0 Å². The molecule has 2 heteroatoms. The van der Waals surface area contributed by atoms with Crippen molar-refractivity contribution in [3.8, 4) is 5.75 Å². The zero-order chi connectivity index (χ0) is 14.4. The fourth-order valence-electron chi connectivity index (χ4n) is 2.26. The highest BCUT2D eigenvalue weighted by atomic mass is 16.5. The maximum absolute atomic E-state index is 6.23. The van der Waals surface area contributed by atoms with E-state index in [4.69, 9.17) is 4.74 Å². The van der Waals surface area contributed by atoms with Gasteiger partial charge < -0.3 is 10.1 Å². The van der Waals surface area contributed by atoms with Gasteiger partial charge in [-0.15, -0.1) is 0 Å². The molecule has 0 saturated heterocycles. The third-order valence-electron chi connectivity index (χ3n) is 3.35. The summed E-state index contributed by atoms with van der Waals surface area (Å²) < 4.78 is 6.23. The van der Waals surface area contributed by atoms with Crippen molar-refractivity contribution in [3.63, 3.8) is 0 Å². The van der Waals surface area contributed by atoms with Crippen molar-refractivity contribution in [2.24, 2.45) is 0 Å². The van der Waals surface area contributed by atoms with E-state index in [1.807, 2.05) is 6.07 Å². The summed E-state index contributed by atoms with van der Waals surface area (Å²) in [5.41, 5.74) is 3.65. The van der Waals surface area contributed by atoms with E-state index in [-0.39, 0.29) is 6.10 Å². The van der Waals surface area contributed by atoms with Crippen molar-refractivity contribution < 1.29 is 4.74 Å². The molecule has 2 aromatic rings. The molecule has 20 heavy (non-hydrogen) atoms. The second-order valence-electron chi connectivity index (χ2n) is 5.09. The van der Waals surface area contributed by atoms with E-state index in [0.29, 0.717) is 0 Å². The van der Waals surface area contributed by atoms with Crippen LogP contribution < -0.4 is 10.1 Å². The molecule has 106 valence electrons. The van der Waals surface area contributed by atoms with Gasteiger partial charge in [0.2, 0.25) is 0 Å². The van der Waals surface area contributed by atoms with Gasteiger partial charge >= 0.3 is 0 Å². The Morgan fingerprint density at radius 1 is 1.05 bits per heavy atom. The number of hydrogen-bond acceptors (Lipinski definition) is 2. The quantitative estimate of drug-likeness (QED) is 0.854. The molecule has 1 unspecified atom stereocenters. The minimum absolute atomic E-state index is 0.0394. The van der Waals surface area contributed by atoms with E-state index in [2.05, 4.69) is 68.6 Å². The van der Waals surface area contributed by atoms with Gasteiger partial charge in [0.1, 0.15) is 11.9 Å². The first-order chi connectivity index (χ1) is 9.70. The molecule has 0 amide bonds. The fourth-order valence-corrected chi connectivity index (χ4v) is 2.26. The van der Waals surface area contributed by atoms with Gasteiger partial charge in [-0.2, -0.15) is 0 Å². The number of benzene rings is 2. The monoisotopic (exact) mass is 269 g/mol. The molecule has 1 N–H and O–H groups in total. The summed E-state index contributed by atoms with van der Waals surface area (Å²) in [5, 5.41) is 3.37. The number of likely N-dealkylation sites (N-methyl/N-ethyl adjacent to an activating group) is 1. The van der Waals surface area contributed by atoms with Gasteiger partial charge in [0.15, 0.2) is 0 Å². The predicted octanol–water partition coefficient (Wildman–Crippen LogP) is 4.03. The third kappa shape index (κ3) is 3.84. The standard InChI is InChI=1S/C18H23NO/c1-4-19-13-18(16-8-6-5-7-9-16)20-17-11-10-14(2)12-15(17)3/h5-12,18-19H,4,13H2,1-3H3. The maximum Gasteiger partial charge on any atom is 0.136 e. The lowest BCUT2D eigenvalue weighted by Gasteiger charge is -2.21. The summed E-state index contributed by atoms with van der Waals surface area (Å²) in [5.74, 6) is 0.961. The molecule has 0 aliphatic rings. The van der Waals surface area contributed by atoms with Crippen LogP contribution in [0.1, 0.15) is 29.7 Å². The highest BCUT2D eigenvalue weighted by molar-refractivity contribution is 5.36. The smallest absolute Gasteiger partial charge is 0.136 e. The van der Waals surface area contributed by atoms with E-state index in [1.54, 1.807) is 0 Å². The topological polar surface area (TPSA) is 21.3 Å². The molecule has 0 fully saturated rings. The second kappa shape index (κ2) is 7.11. The van der Waals surface area contributed by atoms with Crippen molar-refractivity contribution >= 4 is 0 Å². The fraction of sp³-hybridized carbons (Fsp3) is 0.333. The first-order valence-electron chi connectivity index (χ1n) is 7.20. The lowest BCUT2D eigenvalue weighted by atomic mass is 10.1. The molecular formula is C18H23NO. The van der Waals surface area contributed by atoms with E-state index < -0.39 is 0 Å². The summed E-state index contributed by atoms with van der Waals surface area (Å²) in [4.78, 5) is 0. The Hall–Kier alpha value is -1.80. The van der Waals surface area contributed by atoms with Crippen LogP contribution in [-0.4, -0.2) is 13.1 Å². The van der Waals surface area contributed by atoms with Crippen LogP contribution in [0.25, 0.3) is 0 Å². The maximum atomic E-state index is 6.23. The summed E-state index contributed by atoms with van der Waals surface area (Å²) in [6, 6.07) is 16.7. The van der Waals surface area contributed by atoms with E-state index in [9.17, 15) is 0 Å². The molecule has 2 aromatic carbocycles. The Balaban J connectivity index is 2.19. The Labute approximate surface area is 121 Å². The molecule has 0 aliphatic heterocycles. The lowest BCUT2D eigenvalue weighted by Crippen LogP contribution is -2.25. The number of aryl methyl sites for hydroxylation is 2. The van der Waals surface area contributed by atoms with Crippen LogP contribution >= 0.6 is 0 Å². The number of hydrogen-bond donors (Lipinski definition) is 1. The molecule has 2 nitrogen and oxygen atoms in total. The van der Waals surface area contributed by atoms with Gasteiger partial charge in [0, 0.05) is 6.54 Å². The second-order valence-corrected chi connectivity index (χ2v) is 5.09. The Morgan fingerprint density at radius 3 is 2.45 bits per heavy atom. The molecule has 0 aliphatic carbocycles. The van der Waals surface area contributed by atoms with Crippen LogP contribution in [0.5, 0.6) is 5.75 Å². The van der Waals surface area contributed by atoms with Gasteiger partial charge in [-0.05, 0) is 37.6 Å². The van der Waals surface area contributed by atoms with Gasteiger partial charge in [0.25, 0.3) is 0 Å². The Bertz CT molecular complexity index is 536. The predicted molar refractivity (Wildman–Crippen MR) is 84.3 cm³/mol. The molecule has 1 atom stereocenters. The SMILES string of the molecule is CCNCC(Oc1ccc(C)cc1C)c1ccccc1. The average Bonchev–Trinajstić information content (AvgIpc) is 2.46. The summed E-state index contributed by atoms with van der Waals surface area (Å²) in [6.45, 7) is 8.06. The number of rotatable bonds is 6. The minimum atomic E-state index is 0.0394. The van der Waals surface area contributed by atoms with Crippen LogP contribution in [0.15, 0.2) is 48.5 Å². The summed E-state index contributed by atoms with van der Waals surface area (Å²) in [7, 11) is 0. The molecule has 0 saturated carbocycles. The highest BCUT2D eigenvalue weighted by Crippen LogP contribution is 2.25. The van der Waals surface area contributed by atoms with Crippen LogP contribution in [0.2, 0.25) is 0 Å². The normalized spacial score (nSPS) is 12.2. The van der Waals surface area contributed by atoms with Crippen LogP contribution in [0, 0.1) is 13.8 Å². The van der Waals surface area contributed by atoms with Crippen LogP contribution in [0.4, 0.5) is 0 Å². The molecule has 2 rings (SSSR count). The first-order valence-corrected chi connectivity index (χ1v) is 7.20. The van der Waals surface area contributed by atoms with Crippen molar-refractivity contribution in [1.82, 2.24) is 5.32 Å². The minimum Gasteiger partial charge on any atom is -0.484 e. The highest BCUT2D eigenvalue weighted by Gasteiger charge is 2.13. The molecule has 0 heterocycles. The summed E-state index contributed by atoms with van der Waals surface area (Å²) in [6.07, 6.45) is 0.0394. The summed E-state index contributed by atoms with van der Waals surface area (Å²) >= 11 is 0. The van der Waals surface area contributed by atoms with Gasteiger partial charge in [-0.25, -0.2) is 0 Å². The lowest BCUT2D eigenvalue weighted by molar-refractivity contribution is 0.201. The first kappa shape index (κ1) is 14.6. The molecule has 0 aromatic heterocycles. The zero-order valence-electron chi connectivity index (χ0n) is 12.5. The Morgan fingerprint density at radius 2 is 1.80 bits per heavy atom. The van der Waals surface area contributed by atoms with Crippen molar-refractivity contribution in [2.45, 2.75) is 26.9 Å². The zero-order valence-corrected chi connectivity index (χ0v) is 12.5. The third-order valence-corrected chi connectivity index (χ3v) is 3.35. The molecule has 0 bridgehead atoms. The van der Waals surface area contributed by atoms with E-state index in [1.165, 1.54) is 16.7 Å². The molecule has 0 spiro atoms. The van der Waals surface area contributed by atoms with Gasteiger partial charge in [-0.3, -0.25) is 0 Å². The number of nitrogens with one attached hydrogen (secondary N) is 1. The van der Waals surface area contributed by atoms with Crippen molar-refractivity contribution in [3.05, 3.63) is 65.2 Å². The molecular weight excluding hydrogens is 246 g/mol. The number of ether oxygens (including phenoxy) is 1. The molecule has 0 radical (unpaired) electrons. The van der Waals surface area contributed by atoms with Gasteiger partial charge in [-0.1, -0.05) is 55.0 Å².